The van der Waals surface area contributed by atoms with E-state index in [1.165, 1.54) is 24.3 Å². The third kappa shape index (κ3) is 6.67. The molecule has 3 amide bonds. The van der Waals surface area contributed by atoms with Crippen molar-refractivity contribution in [1.82, 2.24) is 15.5 Å². The van der Waals surface area contributed by atoms with Crippen LogP contribution in [0.4, 0.5) is 9.59 Å². The van der Waals surface area contributed by atoms with Crippen molar-refractivity contribution in [3.05, 3.63) is 65.7 Å². The maximum atomic E-state index is 12.7. The normalized spacial score (nSPS) is 18.3. The fraction of sp³-hybridized carbons (Fsp3) is 0.286. The van der Waals surface area contributed by atoms with Gasteiger partial charge in [-0.25, -0.2) is 23.1 Å². The summed E-state index contributed by atoms with van der Waals surface area (Å²) in [4.78, 5) is 37.4. The molecule has 0 aromatic heterocycles. The molecule has 2 atom stereocenters. The number of alkyl carbamates (subject to hydrolysis) is 1. The summed E-state index contributed by atoms with van der Waals surface area (Å²) >= 11 is 0. The number of carbonyl (C=O) groups excluding carboxylic acids is 2. The fourth-order valence-electron chi connectivity index (χ4n) is 3.41. The number of hydrogen-bond donors (Lipinski definition) is 4. The molecule has 0 aliphatic carbocycles. The summed E-state index contributed by atoms with van der Waals surface area (Å²) in [6.45, 7) is 0.197. The lowest BCUT2D eigenvalue weighted by Crippen LogP contribution is -2.61. The van der Waals surface area contributed by atoms with Gasteiger partial charge in [-0.1, -0.05) is 30.3 Å². The number of primary sulfonamides is 1. The van der Waals surface area contributed by atoms with Crippen molar-refractivity contribution in [2.24, 2.45) is 5.14 Å². The molecule has 176 valence electrons. The van der Waals surface area contributed by atoms with Crippen LogP contribution in [0.25, 0.3) is 0 Å². The van der Waals surface area contributed by atoms with E-state index >= 15 is 0 Å². The largest absolute Gasteiger partial charge is 0.465 e. The maximum absolute atomic E-state index is 12.7. The van der Waals surface area contributed by atoms with Crippen LogP contribution in [0.2, 0.25) is 0 Å². The predicted octanol–water partition coefficient (Wildman–Crippen LogP) is 1.11. The summed E-state index contributed by atoms with van der Waals surface area (Å²) in [5, 5.41) is 19.8. The average Bonchev–Trinajstić information content (AvgIpc) is 2.79. The Labute approximate surface area is 190 Å². The third-order valence-electron chi connectivity index (χ3n) is 5.16. The van der Waals surface area contributed by atoms with Crippen molar-refractivity contribution in [3.8, 4) is 0 Å². The highest BCUT2D eigenvalue weighted by atomic mass is 32.2. The third-order valence-corrected chi connectivity index (χ3v) is 6.09. The molecule has 12 heteroatoms. The zero-order chi connectivity index (χ0) is 24.0. The SMILES string of the molecule is NS(=O)(=O)c1ccc(C(=O)N[C@@H]2CN(C(=O)O)CC[C@@H]2NC(=O)OCc2ccccc2)cc1. The van der Waals surface area contributed by atoms with E-state index in [9.17, 15) is 27.9 Å². The summed E-state index contributed by atoms with van der Waals surface area (Å²) in [6.07, 6.45) is -1.57. The molecule has 5 N–H and O–H groups in total. The van der Waals surface area contributed by atoms with Gasteiger partial charge in [-0.2, -0.15) is 0 Å². The monoisotopic (exact) mass is 476 g/mol. The van der Waals surface area contributed by atoms with E-state index in [1.807, 2.05) is 30.3 Å². The number of nitrogens with zero attached hydrogens (tertiary/aromatic N) is 1. The smallest absolute Gasteiger partial charge is 0.407 e. The molecule has 2 aromatic rings. The van der Waals surface area contributed by atoms with Crippen molar-refractivity contribution < 1.29 is 32.6 Å². The molecular formula is C21H24N4O7S. The number of benzene rings is 2. The Hall–Kier alpha value is -3.64. The second-order valence-electron chi connectivity index (χ2n) is 7.48. The molecule has 33 heavy (non-hydrogen) atoms. The number of carboxylic acid groups (broad SMARTS) is 1. The maximum Gasteiger partial charge on any atom is 0.407 e. The van der Waals surface area contributed by atoms with Gasteiger partial charge >= 0.3 is 12.2 Å². The van der Waals surface area contributed by atoms with E-state index in [-0.39, 0.29) is 36.6 Å². The van der Waals surface area contributed by atoms with Crippen molar-refractivity contribution in [2.45, 2.75) is 30.0 Å². The first kappa shape index (κ1) is 24.0. The number of carbonyl (C=O) groups is 3. The first-order chi connectivity index (χ1) is 15.6. The molecule has 0 radical (unpaired) electrons. The van der Waals surface area contributed by atoms with Crippen LogP contribution in [0.5, 0.6) is 0 Å². The summed E-state index contributed by atoms with van der Waals surface area (Å²) in [6, 6.07) is 12.8. The Morgan fingerprint density at radius 3 is 2.30 bits per heavy atom. The minimum atomic E-state index is -3.90. The molecule has 2 aromatic carbocycles. The molecule has 1 aliphatic rings. The highest BCUT2D eigenvalue weighted by Crippen LogP contribution is 2.14. The Morgan fingerprint density at radius 1 is 1.03 bits per heavy atom. The summed E-state index contributed by atoms with van der Waals surface area (Å²) < 4.78 is 28.0. The van der Waals surface area contributed by atoms with Gasteiger partial charge in [0, 0.05) is 18.7 Å². The van der Waals surface area contributed by atoms with Crippen LogP contribution in [0.15, 0.2) is 59.5 Å². The second kappa shape index (κ2) is 10.3. The quantitative estimate of drug-likeness (QED) is 0.484. The number of amides is 3. The topological polar surface area (TPSA) is 168 Å². The van der Waals surface area contributed by atoms with Crippen molar-refractivity contribution in [2.75, 3.05) is 13.1 Å². The Kier molecular flexibility index (Phi) is 7.51. The molecule has 0 spiro atoms. The number of nitrogens with two attached hydrogens (primary N) is 1. The molecule has 1 fully saturated rings. The van der Waals surface area contributed by atoms with Gasteiger partial charge in [-0.15, -0.1) is 0 Å². The van der Waals surface area contributed by atoms with Crippen LogP contribution < -0.4 is 15.8 Å². The molecule has 11 nitrogen and oxygen atoms in total. The van der Waals surface area contributed by atoms with Crippen LogP contribution in [-0.2, 0) is 21.4 Å². The van der Waals surface area contributed by atoms with Crippen LogP contribution >= 0.6 is 0 Å². The molecule has 3 rings (SSSR count). The molecule has 1 saturated heterocycles. The Morgan fingerprint density at radius 2 is 1.70 bits per heavy atom. The van der Waals surface area contributed by atoms with Gasteiger partial charge in [0.2, 0.25) is 10.0 Å². The molecule has 1 heterocycles. The van der Waals surface area contributed by atoms with Gasteiger partial charge < -0.3 is 25.4 Å². The number of hydrogen-bond acceptors (Lipinski definition) is 6. The zero-order valence-corrected chi connectivity index (χ0v) is 18.3. The summed E-state index contributed by atoms with van der Waals surface area (Å²) in [5.41, 5.74) is 0.960. The lowest BCUT2D eigenvalue weighted by molar-refractivity contribution is 0.0829. The van der Waals surface area contributed by atoms with E-state index in [1.54, 1.807) is 0 Å². The number of piperidine rings is 1. The Balaban J connectivity index is 1.66. The van der Waals surface area contributed by atoms with Gasteiger partial charge in [0.15, 0.2) is 0 Å². The lowest BCUT2D eigenvalue weighted by Gasteiger charge is -2.37. The number of ether oxygens (including phenoxy) is 1. The first-order valence-electron chi connectivity index (χ1n) is 10.0. The van der Waals surface area contributed by atoms with Gasteiger partial charge in [0.25, 0.3) is 5.91 Å². The van der Waals surface area contributed by atoms with Gasteiger partial charge in [-0.05, 0) is 36.2 Å². The van der Waals surface area contributed by atoms with E-state index in [4.69, 9.17) is 9.88 Å². The number of likely N-dealkylation sites (tertiary alicyclic amines) is 1. The summed E-state index contributed by atoms with van der Waals surface area (Å²) in [7, 11) is -3.90. The van der Waals surface area contributed by atoms with E-state index in [0.717, 1.165) is 10.5 Å². The first-order valence-corrected chi connectivity index (χ1v) is 11.6. The van der Waals surface area contributed by atoms with Crippen LogP contribution in [0.1, 0.15) is 22.3 Å². The highest BCUT2D eigenvalue weighted by Gasteiger charge is 2.34. The minimum Gasteiger partial charge on any atom is -0.465 e. The van der Waals surface area contributed by atoms with Crippen LogP contribution in [0.3, 0.4) is 0 Å². The molecule has 1 aliphatic heterocycles. The van der Waals surface area contributed by atoms with E-state index < -0.39 is 40.2 Å². The summed E-state index contributed by atoms with van der Waals surface area (Å²) in [5.74, 6) is -0.558. The van der Waals surface area contributed by atoms with Crippen molar-refractivity contribution in [3.63, 3.8) is 0 Å². The van der Waals surface area contributed by atoms with Gasteiger partial charge in [0.05, 0.1) is 17.0 Å². The molecular weight excluding hydrogens is 452 g/mol. The van der Waals surface area contributed by atoms with E-state index in [0.29, 0.717) is 0 Å². The number of rotatable bonds is 6. The van der Waals surface area contributed by atoms with Crippen LogP contribution in [0, 0.1) is 0 Å². The van der Waals surface area contributed by atoms with Gasteiger partial charge in [-0.3, -0.25) is 4.79 Å². The molecule has 0 saturated carbocycles. The average molecular weight is 477 g/mol. The Bertz CT molecular complexity index is 1110. The number of nitrogens with one attached hydrogen (secondary N) is 2. The van der Waals surface area contributed by atoms with Crippen molar-refractivity contribution in [1.29, 1.82) is 0 Å². The van der Waals surface area contributed by atoms with E-state index in [2.05, 4.69) is 10.6 Å². The molecule has 0 bridgehead atoms. The van der Waals surface area contributed by atoms with Crippen LogP contribution in [-0.4, -0.2) is 61.7 Å². The predicted molar refractivity (Wildman–Crippen MR) is 117 cm³/mol. The van der Waals surface area contributed by atoms with Gasteiger partial charge in [0.1, 0.15) is 6.61 Å². The van der Waals surface area contributed by atoms with Crippen molar-refractivity contribution >= 4 is 28.1 Å². The minimum absolute atomic E-state index is 0.0417. The highest BCUT2D eigenvalue weighted by molar-refractivity contribution is 7.89. The number of sulfonamides is 1. The second-order valence-corrected chi connectivity index (χ2v) is 9.04. The zero-order valence-electron chi connectivity index (χ0n) is 17.5. The lowest BCUT2D eigenvalue weighted by atomic mass is 9.99. The molecule has 0 unspecified atom stereocenters. The standard InChI is InChI=1S/C21H24N4O7S/c22-33(30,31)16-8-6-15(7-9-16)19(26)23-18-12-25(21(28)29)11-10-17(18)24-20(27)32-13-14-4-2-1-3-5-14/h1-9,17-18H,10-13H2,(H,23,26)(H,24,27)(H,28,29)(H2,22,30,31)/t17-,18+/m0/s1. The fourth-order valence-corrected chi connectivity index (χ4v) is 3.92.